The third-order valence-corrected chi connectivity index (χ3v) is 7.37. The van der Waals surface area contributed by atoms with Crippen LogP contribution in [0.4, 0.5) is 9.18 Å². The fraction of sp³-hybridized carbons (Fsp3) is 0.545. The van der Waals surface area contributed by atoms with Crippen molar-refractivity contribution in [3.8, 4) is 0 Å². The van der Waals surface area contributed by atoms with Crippen LogP contribution in [0.5, 0.6) is 0 Å². The van der Waals surface area contributed by atoms with Gasteiger partial charge in [0.1, 0.15) is 17.8 Å². The normalized spacial score (nSPS) is 21.0. The van der Waals surface area contributed by atoms with Crippen LogP contribution in [0.1, 0.15) is 86.6 Å². The number of aromatic carboxylic acids is 1. The first-order valence-corrected chi connectivity index (χ1v) is 14.8. The molecule has 0 radical (unpaired) electrons. The van der Waals surface area contributed by atoms with E-state index < -0.39 is 24.8 Å². The maximum absolute atomic E-state index is 12.8. The molecule has 2 aromatic carbocycles. The Kier molecular flexibility index (Phi) is 11.7. The van der Waals surface area contributed by atoms with Gasteiger partial charge >= 0.3 is 12.1 Å². The van der Waals surface area contributed by atoms with Crippen LogP contribution < -0.4 is 10.6 Å². The zero-order valence-electron chi connectivity index (χ0n) is 27.2. The van der Waals surface area contributed by atoms with Crippen LogP contribution >= 0.6 is 0 Å². The summed E-state index contributed by atoms with van der Waals surface area (Å²) in [5, 5.41) is 15.1. The molecular formula is C33H46FN3O7. The number of nitrogens with one attached hydrogen (secondary N) is 2. The van der Waals surface area contributed by atoms with Gasteiger partial charge in [0.15, 0.2) is 5.79 Å². The van der Waals surface area contributed by atoms with Crippen LogP contribution in [0.2, 0.25) is 0 Å². The summed E-state index contributed by atoms with van der Waals surface area (Å²) in [6.45, 7) is 12.9. The van der Waals surface area contributed by atoms with E-state index in [1.54, 1.807) is 17.0 Å². The van der Waals surface area contributed by atoms with Gasteiger partial charge in [-0.2, -0.15) is 0 Å². The molecule has 242 valence electrons. The Balaban J connectivity index is 0.000000350. The van der Waals surface area contributed by atoms with Crippen molar-refractivity contribution in [2.24, 2.45) is 0 Å². The number of ether oxygens (including phenoxy) is 3. The largest absolute Gasteiger partial charge is 0.478 e. The number of alkyl carbamates (subject to hydrolysis) is 1. The second-order valence-electron chi connectivity index (χ2n) is 12.4. The lowest BCUT2D eigenvalue weighted by Gasteiger charge is -2.32. The summed E-state index contributed by atoms with van der Waals surface area (Å²) in [7, 11) is -1.00. The number of amides is 2. The van der Waals surface area contributed by atoms with E-state index in [-0.39, 0.29) is 29.5 Å². The molecule has 0 aromatic heterocycles. The van der Waals surface area contributed by atoms with Crippen LogP contribution in [0.15, 0.2) is 48.5 Å². The summed E-state index contributed by atoms with van der Waals surface area (Å²) >= 11 is 0. The number of hydrogen-bond acceptors (Lipinski definition) is 7. The number of benzene rings is 2. The Morgan fingerprint density at radius 3 is 2.25 bits per heavy atom. The molecule has 44 heavy (non-hydrogen) atoms. The molecule has 3 aliphatic heterocycles. The molecule has 0 spiro atoms. The standard InChI is InChI=1S/C25H30N2O5.C7H13NO2.CH3F/c1-25(2,3)32-24(31)26-16-17-6-4-7-19(14-17)18-10-12-27(13-11-18)22(28)20-8-5-9-21(15-20)23(29)30;1-7(2)9-5-3-8-4-6(5)10-7;1-2/h4-9,14-15,18H,10-13,16H2,1-3H3,(H,26,31)(H,29,30);5-6,8H,3-4H2,1-2H3;1H3/t;5-,6+;/i;;1D. The van der Waals surface area contributed by atoms with Gasteiger partial charge in [-0.05, 0) is 82.7 Å². The van der Waals surface area contributed by atoms with E-state index in [1.165, 1.54) is 17.7 Å². The van der Waals surface area contributed by atoms with Crippen LogP contribution in [0.3, 0.4) is 0 Å². The van der Waals surface area contributed by atoms with Gasteiger partial charge in [-0.15, -0.1) is 0 Å². The van der Waals surface area contributed by atoms with Gasteiger partial charge in [-0.1, -0.05) is 30.3 Å². The van der Waals surface area contributed by atoms with E-state index in [4.69, 9.17) is 20.7 Å². The SMILES string of the molecule is CC(C)(C)OC(=O)NCc1cccc(C2CCN(C(=O)c3cccc(C(=O)O)c3)CC2)c1.CC1(C)O[C@H]2CNC[C@H]2O1.[2H]CF. The number of alkyl halides is 1. The highest BCUT2D eigenvalue weighted by atomic mass is 19.1. The number of fused-ring (bicyclic) bond motifs is 1. The molecule has 10 nitrogen and oxygen atoms in total. The van der Waals surface area contributed by atoms with Gasteiger partial charge in [0.2, 0.25) is 0 Å². The summed E-state index contributed by atoms with van der Waals surface area (Å²) in [6, 6.07) is 14.3. The second kappa shape index (κ2) is 15.5. The average molecular weight is 617 g/mol. The molecule has 0 bridgehead atoms. The van der Waals surface area contributed by atoms with Crippen LogP contribution in [0.25, 0.3) is 0 Å². The number of carbonyl (C=O) groups is 3. The Bertz CT molecular complexity index is 1280. The van der Waals surface area contributed by atoms with E-state index >= 15 is 0 Å². The van der Waals surface area contributed by atoms with Crippen molar-refractivity contribution in [2.45, 2.75) is 83.5 Å². The minimum atomic E-state index is -1.04. The van der Waals surface area contributed by atoms with Crippen LogP contribution in [0, 0.1) is 0 Å². The number of nitrogens with zero attached hydrogens (tertiary/aromatic N) is 1. The van der Waals surface area contributed by atoms with E-state index in [0.29, 0.717) is 31.1 Å². The Hall–Kier alpha value is -3.54. The predicted octanol–water partition coefficient (Wildman–Crippen LogP) is 5.12. The summed E-state index contributed by atoms with van der Waals surface area (Å²) in [6.07, 6.45) is 1.78. The average Bonchev–Trinajstić information content (AvgIpc) is 3.53. The molecule has 2 atom stereocenters. The van der Waals surface area contributed by atoms with Crippen molar-refractivity contribution in [3.05, 3.63) is 70.8 Å². The molecule has 3 fully saturated rings. The molecule has 3 heterocycles. The molecule has 2 amide bonds. The molecule has 3 saturated heterocycles. The lowest BCUT2D eigenvalue weighted by atomic mass is 9.88. The first-order valence-electron chi connectivity index (χ1n) is 15.5. The number of carbonyl (C=O) groups excluding carboxylic acids is 2. The number of rotatable bonds is 5. The maximum Gasteiger partial charge on any atom is 0.407 e. The predicted molar refractivity (Wildman–Crippen MR) is 165 cm³/mol. The van der Waals surface area contributed by atoms with Gasteiger partial charge in [-0.3, -0.25) is 9.18 Å². The highest BCUT2D eigenvalue weighted by Crippen LogP contribution is 2.30. The van der Waals surface area contributed by atoms with E-state index in [2.05, 4.69) is 22.8 Å². The summed E-state index contributed by atoms with van der Waals surface area (Å²) in [5.74, 6) is -1.20. The third-order valence-electron chi connectivity index (χ3n) is 7.37. The topological polar surface area (TPSA) is 126 Å². The molecule has 5 rings (SSSR count). The summed E-state index contributed by atoms with van der Waals surface area (Å²) in [5.41, 5.74) is 2.17. The third kappa shape index (κ3) is 10.3. The van der Waals surface area contributed by atoms with Crippen LogP contribution in [-0.4, -0.2) is 84.9 Å². The highest BCUT2D eigenvalue weighted by Gasteiger charge is 2.43. The van der Waals surface area contributed by atoms with Gasteiger partial charge in [0, 0.05) is 38.3 Å². The van der Waals surface area contributed by atoms with Crippen molar-refractivity contribution in [2.75, 3.05) is 33.3 Å². The van der Waals surface area contributed by atoms with Gasteiger partial charge in [0.25, 0.3) is 5.91 Å². The molecule has 0 aliphatic carbocycles. The Labute approximate surface area is 260 Å². The van der Waals surface area contributed by atoms with Crippen molar-refractivity contribution < 1.29 is 39.5 Å². The minimum Gasteiger partial charge on any atom is -0.478 e. The number of carboxylic acids is 1. The van der Waals surface area contributed by atoms with E-state index in [0.717, 1.165) is 31.5 Å². The number of carboxylic acid groups (broad SMARTS) is 1. The molecule has 3 N–H and O–H groups in total. The number of hydrogen-bond donors (Lipinski definition) is 3. The fourth-order valence-corrected chi connectivity index (χ4v) is 5.45. The molecule has 11 heteroatoms. The number of halogens is 1. The van der Waals surface area contributed by atoms with Gasteiger partial charge < -0.3 is 34.9 Å². The lowest BCUT2D eigenvalue weighted by molar-refractivity contribution is -0.149. The Morgan fingerprint density at radius 2 is 1.66 bits per heavy atom. The number of piperidine rings is 1. The molecule has 0 saturated carbocycles. The van der Waals surface area contributed by atoms with Crippen LogP contribution in [-0.2, 0) is 20.8 Å². The van der Waals surface area contributed by atoms with Crippen molar-refractivity contribution in [3.63, 3.8) is 0 Å². The zero-order valence-corrected chi connectivity index (χ0v) is 26.2. The van der Waals surface area contributed by atoms with Crippen molar-refractivity contribution in [1.82, 2.24) is 15.5 Å². The molecular weight excluding hydrogens is 569 g/mol. The quantitative estimate of drug-likeness (QED) is 0.423. The first kappa shape index (κ1) is 33.4. The summed E-state index contributed by atoms with van der Waals surface area (Å²) in [4.78, 5) is 37.6. The van der Waals surface area contributed by atoms with Crippen molar-refractivity contribution in [1.29, 1.82) is 0 Å². The smallest absolute Gasteiger partial charge is 0.407 e. The van der Waals surface area contributed by atoms with Gasteiger partial charge in [-0.25, -0.2) is 9.59 Å². The minimum absolute atomic E-state index is 0.113. The lowest BCUT2D eigenvalue weighted by Crippen LogP contribution is -2.38. The highest BCUT2D eigenvalue weighted by molar-refractivity contribution is 5.97. The Morgan fingerprint density at radius 1 is 1.07 bits per heavy atom. The monoisotopic (exact) mass is 616 g/mol. The van der Waals surface area contributed by atoms with Crippen molar-refractivity contribution >= 4 is 18.0 Å². The second-order valence-corrected chi connectivity index (χ2v) is 12.4. The fourth-order valence-electron chi connectivity index (χ4n) is 5.45. The van der Waals surface area contributed by atoms with Gasteiger partial charge in [0.05, 0.1) is 14.1 Å². The number of likely N-dealkylation sites (tertiary alicyclic amines) is 1. The molecule has 2 aromatic rings. The van der Waals surface area contributed by atoms with E-state index in [9.17, 15) is 18.8 Å². The molecule has 0 unspecified atom stereocenters. The maximum atomic E-state index is 12.8. The zero-order chi connectivity index (χ0) is 33.2. The van der Waals surface area contributed by atoms with E-state index in [1.807, 2.05) is 46.8 Å². The first-order chi connectivity index (χ1) is 21.2. The summed E-state index contributed by atoms with van der Waals surface area (Å²) < 4.78 is 32.0. The molecule has 3 aliphatic rings.